The third-order valence-corrected chi connectivity index (χ3v) is 2.40. The summed E-state index contributed by atoms with van der Waals surface area (Å²) in [7, 11) is 3.40. The zero-order valence-electron chi connectivity index (χ0n) is 8.08. The molecule has 0 spiro atoms. The van der Waals surface area contributed by atoms with E-state index in [1.165, 1.54) is 4.90 Å². The van der Waals surface area contributed by atoms with E-state index in [0.717, 1.165) is 19.3 Å². The summed E-state index contributed by atoms with van der Waals surface area (Å²) in [5, 5.41) is 11.6. The van der Waals surface area contributed by atoms with Crippen LogP contribution in [-0.2, 0) is 0 Å². The number of nitrogens with zero attached hydrogens (tertiary/aromatic N) is 2. The number of hydrogen-bond acceptors (Lipinski definition) is 2. The minimum absolute atomic E-state index is 0.00361. The highest BCUT2D eigenvalue weighted by Gasteiger charge is 2.28. The predicted octanol–water partition coefficient (Wildman–Crippen LogP) is 0.950. The Labute approximate surface area is 78.5 Å². The van der Waals surface area contributed by atoms with Crippen molar-refractivity contribution in [3.8, 4) is 6.07 Å². The second-order valence-electron chi connectivity index (χ2n) is 3.62. The highest BCUT2D eigenvalue weighted by molar-refractivity contribution is 5.73. The fraction of sp³-hybridized carbons (Fsp3) is 0.778. The van der Waals surface area contributed by atoms with Crippen LogP contribution in [0.4, 0.5) is 4.79 Å². The average molecular weight is 181 g/mol. The van der Waals surface area contributed by atoms with E-state index in [9.17, 15) is 4.79 Å². The van der Waals surface area contributed by atoms with Crippen molar-refractivity contribution in [2.75, 3.05) is 14.1 Å². The van der Waals surface area contributed by atoms with Gasteiger partial charge in [-0.3, -0.25) is 0 Å². The largest absolute Gasteiger partial charge is 0.334 e. The van der Waals surface area contributed by atoms with Gasteiger partial charge in [0.05, 0.1) is 12.0 Å². The van der Waals surface area contributed by atoms with E-state index in [4.69, 9.17) is 5.26 Å². The number of hydrogen-bond donors (Lipinski definition) is 1. The Morgan fingerprint density at radius 3 is 2.77 bits per heavy atom. The third-order valence-electron chi connectivity index (χ3n) is 2.40. The lowest BCUT2D eigenvalue weighted by atomic mass is 10.1. The lowest BCUT2D eigenvalue weighted by molar-refractivity contribution is 0.211. The highest BCUT2D eigenvalue weighted by atomic mass is 16.2. The molecule has 4 heteroatoms. The van der Waals surface area contributed by atoms with E-state index in [-0.39, 0.29) is 18.0 Å². The molecule has 1 rings (SSSR count). The molecule has 2 amide bonds. The predicted molar refractivity (Wildman–Crippen MR) is 49.0 cm³/mol. The highest BCUT2D eigenvalue weighted by Crippen LogP contribution is 2.24. The average Bonchev–Trinajstić information content (AvgIpc) is 2.51. The topological polar surface area (TPSA) is 56.1 Å². The first-order chi connectivity index (χ1) is 6.15. The minimum Gasteiger partial charge on any atom is -0.334 e. The first-order valence-electron chi connectivity index (χ1n) is 4.52. The molecule has 0 saturated heterocycles. The summed E-state index contributed by atoms with van der Waals surface area (Å²) in [6.45, 7) is 0. The van der Waals surface area contributed by atoms with E-state index in [0.29, 0.717) is 0 Å². The first kappa shape index (κ1) is 9.85. The summed E-state index contributed by atoms with van der Waals surface area (Å²) < 4.78 is 0. The molecular weight excluding hydrogens is 166 g/mol. The van der Waals surface area contributed by atoms with Crippen LogP contribution < -0.4 is 5.32 Å². The molecule has 4 nitrogen and oxygen atoms in total. The summed E-state index contributed by atoms with van der Waals surface area (Å²) in [6.07, 6.45) is 2.88. The van der Waals surface area contributed by atoms with Crippen molar-refractivity contribution in [3.05, 3.63) is 0 Å². The van der Waals surface area contributed by atoms with Gasteiger partial charge < -0.3 is 10.2 Å². The zero-order valence-corrected chi connectivity index (χ0v) is 8.08. The van der Waals surface area contributed by atoms with Gasteiger partial charge in [-0.15, -0.1) is 0 Å². The number of carbonyl (C=O) groups excluding carboxylic acids is 1. The Kier molecular flexibility index (Phi) is 3.13. The van der Waals surface area contributed by atoms with Gasteiger partial charge in [0.1, 0.15) is 0 Å². The summed E-state index contributed by atoms with van der Waals surface area (Å²) in [4.78, 5) is 12.8. The molecule has 1 fully saturated rings. The van der Waals surface area contributed by atoms with E-state index < -0.39 is 0 Å². The van der Waals surface area contributed by atoms with Gasteiger partial charge in [-0.1, -0.05) is 0 Å². The van der Waals surface area contributed by atoms with Crippen LogP contribution in [0.15, 0.2) is 0 Å². The van der Waals surface area contributed by atoms with Crippen LogP contribution in [0, 0.1) is 17.2 Å². The van der Waals surface area contributed by atoms with E-state index >= 15 is 0 Å². The fourth-order valence-electron chi connectivity index (χ4n) is 1.58. The van der Waals surface area contributed by atoms with Crippen LogP contribution in [0.3, 0.4) is 0 Å². The quantitative estimate of drug-likeness (QED) is 0.654. The number of amides is 2. The standard InChI is InChI=1S/C9H15N3O/c1-12(2)9(13)11-8-5-3-4-7(8)6-10/h7-8H,3-5H2,1-2H3,(H,11,13). The molecule has 0 radical (unpaired) electrons. The van der Waals surface area contributed by atoms with E-state index in [1.54, 1.807) is 14.1 Å². The molecule has 0 bridgehead atoms. The normalized spacial score (nSPS) is 26.5. The molecule has 0 aromatic carbocycles. The SMILES string of the molecule is CN(C)C(=O)NC1CCCC1C#N. The van der Waals surface area contributed by atoms with Gasteiger partial charge >= 0.3 is 6.03 Å². The lowest BCUT2D eigenvalue weighted by Crippen LogP contribution is -2.42. The molecular formula is C9H15N3O. The van der Waals surface area contributed by atoms with Crippen LogP contribution in [0.5, 0.6) is 0 Å². The van der Waals surface area contributed by atoms with Crippen molar-refractivity contribution in [1.82, 2.24) is 10.2 Å². The summed E-state index contributed by atoms with van der Waals surface area (Å²) in [6, 6.07) is 2.18. The lowest BCUT2D eigenvalue weighted by Gasteiger charge is -2.18. The van der Waals surface area contributed by atoms with Crippen LogP contribution in [-0.4, -0.2) is 31.1 Å². The van der Waals surface area contributed by atoms with Crippen molar-refractivity contribution in [2.24, 2.45) is 5.92 Å². The van der Waals surface area contributed by atoms with Gasteiger partial charge in [0.25, 0.3) is 0 Å². The minimum atomic E-state index is -0.104. The number of nitriles is 1. The molecule has 0 heterocycles. The molecule has 13 heavy (non-hydrogen) atoms. The molecule has 0 aromatic heterocycles. The first-order valence-corrected chi connectivity index (χ1v) is 4.52. The zero-order chi connectivity index (χ0) is 9.84. The Hall–Kier alpha value is -1.24. The molecule has 2 unspecified atom stereocenters. The molecule has 1 saturated carbocycles. The Morgan fingerprint density at radius 1 is 1.54 bits per heavy atom. The van der Waals surface area contributed by atoms with Crippen molar-refractivity contribution >= 4 is 6.03 Å². The van der Waals surface area contributed by atoms with Gasteiger partial charge in [0.15, 0.2) is 0 Å². The number of carbonyl (C=O) groups is 1. The Morgan fingerprint density at radius 2 is 2.23 bits per heavy atom. The summed E-state index contributed by atoms with van der Waals surface area (Å²) in [5.74, 6) is 0.00361. The fourth-order valence-corrected chi connectivity index (χ4v) is 1.58. The molecule has 72 valence electrons. The van der Waals surface area contributed by atoms with E-state index in [2.05, 4.69) is 11.4 Å². The van der Waals surface area contributed by atoms with Crippen molar-refractivity contribution < 1.29 is 4.79 Å². The van der Waals surface area contributed by atoms with Crippen LogP contribution in [0.25, 0.3) is 0 Å². The van der Waals surface area contributed by atoms with Gasteiger partial charge in [-0.25, -0.2) is 4.79 Å². The number of nitrogens with one attached hydrogen (secondary N) is 1. The number of rotatable bonds is 1. The monoisotopic (exact) mass is 181 g/mol. The summed E-state index contributed by atoms with van der Waals surface area (Å²) in [5.41, 5.74) is 0. The van der Waals surface area contributed by atoms with E-state index in [1.807, 2.05) is 0 Å². The van der Waals surface area contributed by atoms with Crippen LogP contribution in [0.1, 0.15) is 19.3 Å². The van der Waals surface area contributed by atoms with Gasteiger partial charge in [0, 0.05) is 20.1 Å². The van der Waals surface area contributed by atoms with Crippen molar-refractivity contribution in [2.45, 2.75) is 25.3 Å². The second-order valence-corrected chi connectivity index (χ2v) is 3.62. The van der Waals surface area contributed by atoms with Crippen molar-refractivity contribution in [1.29, 1.82) is 5.26 Å². The Balaban J connectivity index is 2.45. The second kappa shape index (κ2) is 4.13. The van der Waals surface area contributed by atoms with Gasteiger partial charge in [-0.05, 0) is 19.3 Å². The Bertz CT molecular complexity index is 232. The molecule has 2 atom stereocenters. The third kappa shape index (κ3) is 2.35. The van der Waals surface area contributed by atoms with Gasteiger partial charge in [-0.2, -0.15) is 5.26 Å². The smallest absolute Gasteiger partial charge is 0.317 e. The molecule has 1 aliphatic carbocycles. The maximum atomic E-state index is 11.3. The molecule has 1 aliphatic rings. The molecule has 0 aromatic rings. The molecule has 0 aliphatic heterocycles. The summed E-state index contributed by atoms with van der Waals surface area (Å²) >= 11 is 0. The van der Waals surface area contributed by atoms with Crippen molar-refractivity contribution in [3.63, 3.8) is 0 Å². The van der Waals surface area contributed by atoms with Crippen LogP contribution >= 0.6 is 0 Å². The number of urea groups is 1. The van der Waals surface area contributed by atoms with Crippen LogP contribution in [0.2, 0.25) is 0 Å². The molecule has 1 N–H and O–H groups in total. The maximum Gasteiger partial charge on any atom is 0.317 e. The van der Waals surface area contributed by atoms with Gasteiger partial charge in [0.2, 0.25) is 0 Å². The maximum absolute atomic E-state index is 11.3.